The topological polar surface area (TPSA) is 50.8 Å². The molecule has 2 fully saturated rings. The number of nitrogens with one attached hydrogen (secondary N) is 1. The summed E-state index contributed by atoms with van der Waals surface area (Å²) in [5.41, 5.74) is 1.95. The van der Waals surface area contributed by atoms with Gasteiger partial charge in [-0.05, 0) is 57.0 Å². The molecule has 5 heteroatoms. The number of benzene rings is 1. The maximum atomic E-state index is 12.7. The van der Waals surface area contributed by atoms with E-state index in [9.17, 15) is 4.79 Å². The molecule has 2 saturated heterocycles. The second-order valence-electron chi connectivity index (χ2n) is 7.33. The molecule has 5 nitrogen and oxygen atoms in total. The summed E-state index contributed by atoms with van der Waals surface area (Å²) in [6.07, 6.45) is 5.98. The summed E-state index contributed by atoms with van der Waals surface area (Å²) < 4.78 is 11.2. The molecule has 1 aromatic rings. The minimum absolute atomic E-state index is 0.0145. The number of carbonyl (C=O) groups excluding carboxylic acids is 1. The summed E-state index contributed by atoms with van der Waals surface area (Å²) >= 11 is 0. The second kappa shape index (κ2) is 10.0. The molecule has 26 heavy (non-hydrogen) atoms. The van der Waals surface area contributed by atoms with Gasteiger partial charge in [0, 0.05) is 25.3 Å². The monoisotopic (exact) mass is 360 g/mol. The molecule has 2 aliphatic heterocycles. The van der Waals surface area contributed by atoms with Crippen molar-refractivity contribution in [3.63, 3.8) is 0 Å². The standard InChI is InChI=1S/C21H32N2O3/c1-2-26-20-16-25-13-10-19(20)22-21(24)18-9-7-8-17(14-18)15-23-11-5-3-4-6-12-23/h7-9,14,19-20H,2-6,10-13,15-16H2,1H3,(H,22,24)/t19-,20-/m1/s1. The van der Waals surface area contributed by atoms with Crippen LogP contribution >= 0.6 is 0 Å². The van der Waals surface area contributed by atoms with Gasteiger partial charge in [-0.3, -0.25) is 9.69 Å². The molecule has 0 bridgehead atoms. The Hall–Kier alpha value is -1.43. The smallest absolute Gasteiger partial charge is 0.251 e. The highest BCUT2D eigenvalue weighted by Crippen LogP contribution is 2.16. The second-order valence-corrected chi connectivity index (χ2v) is 7.33. The number of amides is 1. The Morgan fingerprint density at radius 2 is 2.08 bits per heavy atom. The Labute approximate surface area is 157 Å². The number of hydrogen-bond acceptors (Lipinski definition) is 4. The summed E-state index contributed by atoms with van der Waals surface area (Å²) in [7, 11) is 0. The zero-order valence-corrected chi connectivity index (χ0v) is 15.9. The van der Waals surface area contributed by atoms with Crippen molar-refractivity contribution in [2.75, 3.05) is 32.9 Å². The van der Waals surface area contributed by atoms with Gasteiger partial charge in [-0.1, -0.05) is 25.0 Å². The van der Waals surface area contributed by atoms with E-state index in [1.54, 1.807) is 0 Å². The third-order valence-corrected chi connectivity index (χ3v) is 5.30. The first-order chi connectivity index (χ1) is 12.8. The van der Waals surface area contributed by atoms with Gasteiger partial charge in [-0.2, -0.15) is 0 Å². The van der Waals surface area contributed by atoms with Gasteiger partial charge >= 0.3 is 0 Å². The highest BCUT2D eigenvalue weighted by atomic mass is 16.5. The molecular formula is C21H32N2O3. The molecule has 3 rings (SSSR count). The molecule has 1 aromatic carbocycles. The molecule has 1 N–H and O–H groups in total. The molecule has 0 radical (unpaired) electrons. The zero-order valence-electron chi connectivity index (χ0n) is 15.9. The van der Waals surface area contributed by atoms with E-state index in [-0.39, 0.29) is 18.1 Å². The predicted octanol–water partition coefficient (Wildman–Crippen LogP) is 2.99. The van der Waals surface area contributed by atoms with Crippen LogP contribution in [0.1, 0.15) is 54.9 Å². The van der Waals surface area contributed by atoms with E-state index in [0.717, 1.165) is 31.6 Å². The molecule has 0 aliphatic carbocycles. The Balaban J connectivity index is 1.60. The van der Waals surface area contributed by atoms with Crippen LogP contribution in [-0.4, -0.2) is 55.9 Å². The average Bonchev–Trinajstić information content (AvgIpc) is 2.92. The van der Waals surface area contributed by atoms with Crippen LogP contribution in [0, 0.1) is 0 Å². The number of ether oxygens (including phenoxy) is 2. The van der Waals surface area contributed by atoms with Gasteiger partial charge in [-0.15, -0.1) is 0 Å². The lowest BCUT2D eigenvalue weighted by Crippen LogP contribution is -2.50. The third kappa shape index (κ3) is 5.53. The maximum absolute atomic E-state index is 12.7. The van der Waals surface area contributed by atoms with Crippen LogP contribution in [0.25, 0.3) is 0 Å². The summed E-state index contributed by atoms with van der Waals surface area (Å²) in [5.74, 6) is -0.0145. The molecule has 1 amide bonds. The number of rotatable bonds is 6. The lowest BCUT2D eigenvalue weighted by Gasteiger charge is -2.31. The van der Waals surface area contributed by atoms with Crippen molar-refractivity contribution < 1.29 is 14.3 Å². The van der Waals surface area contributed by atoms with Crippen molar-refractivity contribution in [1.82, 2.24) is 10.2 Å². The molecular weight excluding hydrogens is 328 g/mol. The summed E-state index contributed by atoms with van der Waals surface area (Å²) in [4.78, 5) is 15.2. The number of nitrogens with zero attached hydrogens (tertiary/aromatic N) is 1. The van der Waals surface area contributed by atoms with E-state index in [4.69, 9.17) is 9.47 Å². The molecule has 0 saturated carbocycles. The molecule has 144 valence electrons. The highest BCUT2D eigenvalue weighted by molar-refractivity contribution is 5.94. The molecule has 2 aliphatic rings. The lowest BCUT2D eigenvalue weighted by molar-refractivity contribution is -0.0632. The van der Waals surface area contributed by atoms with Crippen LogP contribution in [0.15, 0.2) is 24.3 Å². The summed E-state index contributed by atoms with van der Waals surface area (Å²) in [6.45, 7) is 7.08. The van der Waals surface area contributed by atoms with Gasteiger partial charge in [0.2, 0.25) is 0 Å². The molecule has 2 heterocycles. The normalized spacial score (nSPS) is 24.8. The minimum atomic E-state index is -0.0574. The van der Waals surface area contributed by atoms with Crippen LogP contribution in [0.5, 0.6) is 0 Å². The van der Waals surface area contributed by atoms with Crippen LogP contribution < -0.4 is 5.32 Å². The van der Waals surface area contributed by atoms with E-state index in [2.05, 4.69) is 16.3 Å². The molecule has 0 spiro atoms. The fourth-order valence-electron chi connectivity index (χ4n) is 3.87. The largest absolute Gasteiger partial charge is 0.379 e. The van der Waals surface area contributed by atoms with E-state index in [0.29, 0.717) is 19.8 Å². The highest BCUT2D eigenvalue weighted by Gasteiger charge is 2.28. The van der Waals surface area contributed by atoms with Gasteiger partial charge in [0.15, 0.2) is 0 Å². The van der Waals surface area contributed by atoms with E-state index < -0.39 is 0 Å². The summed E-state index contributed by atoms with van der Waals surface area (Å²) in [5, 5.41) is 3.15. The van der Waals surface area contributed by atoms with E-state index in [1.807, 2.05) is 25.1 Å². The lowest BCUT2D eigenvalue weighted by atomic mass is 10.0. The SMILES string of the molecule is CCO[C@@H]1COCC[C@H]1NC(=O)c1cccc(CN2CCCCCC2)c1. The maximum Gasteiger partial charge on any atom is 0.251 e. The fraction of sp³-hybridized carbons (Fsp3) is 0.667. The molecule has 0 unspecified atom stereocenters. The van der Waals surface area contributed by atoms with Gasteiger partial charge in [-0.25, -0.2) is 0 Å². The van der Waals surface area contributed by atoms with Crippen molar-refractivity contribution in [1.29, 1.82) is 0 Å². The van der Waals surface area contributed by atoms with Crippen LogP contribution in [0.4, 0.5) is 0 Å². The predicted molar refractivity (Wildman–Crippen MR) is 102 cm³/mol. The van der Waals surface area contributed by atoms with Crippen molar-refractivity contribution >= 4 is 5.91 Å². The Kier molecular flexibility index (Phi) is 7.47. The van der Waals surface area contributed by atoms with Gasteiger partial charge in [0.25, 0.3) is 5.91 Å². The van der Waals surface area contributed by atoms with Crippen LogP contribution in [0.3, 0.4) is 0 Å². The van der Waals surface area contributed by atoms with Crippen molar-refractivity contribution in [2.24, 2.45) is 0 Å². The molecule has 0 aromatic heterocycles. The Morgan fingerprint density at radius 1 is 1.27 bits per heavy atom. The fourth-order valence-corrected chi connectivity index (χ4v) is 3.87. The van der Waals surface area contributed by atoms with E-state index in [1.165, 1.54) is 31.2 Å². The number of hydrogen-bond donors (Lipinski definition) is 1. The third-order valence-electron chi connectivity index (χ3n) is 5.30. The minimum Gasteiger partial charge on any atom is -0.379 e. The first-order valence-electron chi connectivity index (χ1n) is 10.1. The van der Waals surface area contributed by atoms with Crippen molar-refractivity contribution in [2.45, 2.75) is 57.7 Å². The zero-order chi connectivity index (χ0) is 18.2. The summed E-state index contributed by atoms with van der Waals surface area (Å²) in [6, 6.07) is 8.07. The van der Waals surface area contributed by atoms with Crippen LogP contribution in [0.2, 0.25) is 0 Å². The van der Waals surface area contributed by atoms with Crippen molar-refractivity contribution in [3.8, 4) is 0 Å². The van der Waals surface area contributed by atoms with Gasteiger partial charge < -0.3 is 14.8 Å². The number of likely N-dealkylation sites (tertiary alicyclic amines) is 1. The average molecular weight is 360 g/mol. The Bertz CT molecular complexity index is 568. The quantitative estimate of drug-likeness (QED) is 0.847. The molecule has 2 atom stereocenters. The van der Waals surface area contributed by atoms with Crippen LogP contribution in [-0.2, 0) is 16.0 Å². The van der Waals surface area contributed by atoms with E-state index >= 15 is 0 Å². The van der Waals surface area contributed by atoms with Gasteiger partial charge in [0.1, 0.15) is 6.10 Å². The van der Waals surface area contributed by atoms with Gasteiger partial charge in [0.05, 0.1) is 12.6 Å². The first kappa shape index (κ1) is 19.3. The van der Waals surface area contributed by atoms with Crippen molar-refractivity contribution in [3.05, 3.63) is 35.4 Å². The first-order valence-corrected chi connectivity index (χ1v) is 10.1. The number of carbonyl (C=O) groups is 1. The Morgan fingerprint density at radius 3 is 2.85 bits per heavy atom.